The number of aromatic nitrogens is 5. The Labute approximate surface area is 334 Å². The number of pyridine rings is 1. The van der Waals surface area contributed by atoms with E-state index in [1.165, 1.54) is 0 Å². The van der Waals surface area contributed by atoms with E-state index in [1.54, 1.807) is 0 Å². The monoisotopic (exact) mass is 761 g/mol. The van der Waals surface area contributed by atoms with Gasteiger partial charge in [0.2, 0.25) is 11.8 Å². The van der Waals surface area contributed by atoms with Crippen LogP contribution in [-0.4, -0.2) is 97.6 Å². The van der Waals surface area contributed by atoms with Crippen molar-refractivity contribution in [3.8, 4) is 33.8 Å². The van der Waals surface area contributed by atoms with Crippen molar-refractivity contribution < 1.29 is 9.59 Å². The molecule has 3 aromatic carbocycles. The van der Waals surface area contributed by atoms with Crippen LogP contribution in [0.15, 0.2) is 110 Å². The summed E-state index contributed by atoms with van der Waals surface area (Å²) in [5, 5.41) is 0. The van der Waals surface area contributed by atoms with E-state index in [0.717, 1.165) is 87.8 Å². The molecule has 2 saturated heterocycles. The molecule has 2 N–H and O–H groups in total. The number of rotatable bonds is 11. The molecule has 8 rings (SSSR count). The Balaban J connectivity index is 0.950. The predicted molar refractivity (Wildman–Crippen MR) is 223 cm³/mol. The van der Waals surface area contributed by atoms with Gasteiger partial charge in [-0.25, -0.2) is 9.97 Å². The van der Waals surface area contributed by atoms with Gasteiger partial charge in [-0.15, -0.1) is 0 Å². The number of carbonyl (C=O) groups is 2. The van der Waals surface area contributed by atoms with Crippen molar-refractivity contribution in [1.82, 2.24) is 44.5 Å². The molecule has 11 nitrogen and oxygen atoms in total. The molecule has 0 aliphatic carbocycles. The Kier molecular flexibility index (Phi) is 10.9. The number of nitrogens with one attached hydrogen (secondary N) is 2. The van der Waals surface area contributed by atoms with Gasteiger partial charge >= 0.3 is 0 Å². The van der Waals surface area contributed by atoms with Gasteiger partial charge in [-0.2, -0.15) is 0 Å². The average molecular weight is 762 g/mol. The number of likely N-dealkylation sites (tertiary alicyclic amines) is 2. The van der Waals surface area contributed by atoms with E-state index in [-0.39, 0.29) is 36.0 Å². The lowest BCUT2D eigenvalue weighted by Gasteiger charge is -2.31. The SMILES string of the molecule is Cc1cc(-c2cnc([C@@H]3CCCN3C(=O)[C@@H](c3ccccc3)N(C)C)[nH]2)ccc1-c1ccc(-c2cnc([C@@H]3CCCN3C(=O)[C@H](c3ccccc3)N(C)C)[nH]2)cn1. The fourth-order valence-corrected chi connectivity index (χ4v) is 8.67. The lowest BCUT2D eigenvalue weighted by Crippen LogP contribution is -2.40. The highest BCUT2D eigenvalue weighted by Gasteiger charge is 2.38. The summed E-state index contributed by atoms with van der Waals surface area (Å²) in [6, 6.07) is 29.5. The normalized spacial score (nSPS) is 18.1. The van der Waals surface area contributed by atoms with Crippen LogP contribution in [0.25, 0.3) is 33.8 Å². The fourth-order valence-electron chi connectivity index (χ4n) is 8.67. The molecule has 0 radical (unpaired) electrons. The molecule has 57 heavy (non-hydrogen) atoms. The first-order valence-corrected chi connectivity index (χ1v) is 19.9. The third-order valence-corrected chi connectivity index (χ3v) is 11.5. The predicted octanol–water partition coefficient (Wildman–Crippen LogP) is 7.77. The van der Waals surface area contributed by atoms with Crippen molar-refractivity contribution in [3.05, 3.63) is 138 Å². The quantitative estimate of drug-likeness (QED) is 0.139. The maximum atomic E-state index is 14.0. The number of aromatic amines is 2. The van der Waals surface area contributed by atoms with Gasteiger partial charge < -0.3 is 19.8 Å². The fraction of sp³-hybridized carbons (Fsp3) is 0.326. The molecule has 0 saturated carbocycles. The van der Waals surface area contributed by atoms with E-state index < -0.39 is 0 Å². The Morgan fingerprint density at radius 1 is 0.632 bits per heavy atom. The van der Waals surface area contributed by atoms with Gasteiger partial charge in [0.1, 0.15) is 23.7 Å². The van der Waals surface area contributed by atoms with Crippen LogP contribution >= 0.6 is 0 Å². The summed E-state index contributed by atoms with van der Waals surface area (Å²) < 4.78 is 0. The molecule has 0 spiro atoms. The van der Waals surface area contributed by atoms with Gasteiger partial charge in [0.25, 0.3) is 0 Å². The van der Waals surface area contributed by atoms with Gasteiger partial charge in [0.15, 0.2) is 0 Å². The second kappa shape index (κ2) is 16.3. The van der Waals surface area contributed by atoms with E-state index >= 15 is 0 Å². The lowest BCUT2D eigenvalue weighted by atomic mass is 10.0. The molecule has 11 heteroatoms. The van der Waals surface area contributed by atoms with E-state index in [4.69, 9.17) is 15.0 Å². The number of hydrogen-bond donors (Lipinski definition) is 2. The number of H-pyrrole nitrogens is 2. The molecule has 6 aromatic rings. The third kappa shape index (κ3) is 7.65. The number of carbonyl (C=O) groups excluding carboxylic acids is 2. The number of nitrogens with zero attached hydrogens (tertiary/aromatic N) is 7. The van der Waals surface area contributed by atoms with Crippen LogP contribution in [0, 0.1) is 6.92 Å². The third-order valence-electron chi connectivity index (χ3n) is 11.5. The van der Waals surface area contributed by atoms with Crippen molar-refractivity contribution in [2.24, 2.45) is 0 Å². The van der Waals surface area contributed by atoms with Crippen LogP contribution < -0.4 is 0 Å². The maximum Gasteiger partial charge on any atom is 0.245 e. The van der Waals surface area contributed by atoms with Crippen molar-refractivity contribution in [3.63, 3.8) is 0 Å². The molecule has 0 bridgehead atoms. The van der Waals surface area contributed by atoms with Crippen LogP contribution in [-0.2, 0) is 9.59 Å². The Hall–Kier alpha value is -5.91. The zero-order valence-electron chi connectivity index (χ0n) is 33.4. The van der Waals surface area contributed by atoms with Crippen molar-refractivity contribution >= 4 is 11.8 Å². The first kappa shape index (κ1) is 38.0. The Morgan fingerprint density at radius 3 is 1.58 bits per heavy atom. The van der Waals surface area contributed by atoms with E-state index in [0.29, 0.717) is 13.1 Å². The van der Waals surface area contributed by atoms with Crippen molar-refractivity contribution in [2.45, 2.75) is 56.8 Å². The lowest BCUT2D eigenvalue weighted by molar-refractivity contribution is -0.138. The van der Waals surface area contributed by atoms with Gasteiger partial charge in [-0.05, 0) is 101 Å². The van der Waals surface area contributed by atoms with Crippen LogP contribution in [0.5, 0.6) is 0 Å². The summed E-state index contributed by atoms with van der Waals surface area (Å²) in [5.41, 5.74) is 8.76. The second-order valence-electron chi connectivity index (χ2n) is 15.8. The first-order valence-electron chi connectivity index (χ1n) is 19.9. The molecule has 4 atom stereocenters. The minimum Gasteiger partial charge on any atom is -0.340 e. The summed E-state index contributed by atoms with van der Waals surface area (Å²) in [6.45, 7) is 3.52. The maximum absolute atomic E-state index is 14.0. The van der Waals surface area contributed by atoms with Crippen molar-refractivity contribution in [2.75, 3.05) is 41.3 Å². The van der Waals surface area contributed by atoms with Crippen LogP contribution in [0.3, 0.4) is 0 Å². The summed E-state index contributed by atoms with van der Waals surface area (Å²) in [7, 11) is 7.83. The molecular formula is C46H51N9O2. The molecule has 292 valence electrons. The number of hydrogen-bond acceptors (Lipinski definition) is 7. The van der Waals surface area contributed by atoms with E-state index in [2.05, 4.69) is 41.2 Å². The summed E-state index contributed by atoms with van der Waals surface area (Å²) in [4.78, 5) is 57.3. The molecule has 0 unspecified atom stereocenters. The Morgan fingerprint density at radius 2 is 1.12 bits per heavy atom. The number of imidazole rings is 2. The molecule has 2 amide bonds. The minimum absolute atomic E-state index is 0.0943. The smallest absolute Gasteiger partial charge is 0.245 e. The highest BCUT2D eigenvalue weighted by atomic mass is 16.2. The highest BCUT2D eigenvalue weighted by Crippen LogP contribution is 2.37. The topological polar surface area (TPSA) is 117 Å². The average Bonchev–Trinajstić information content (AvgIpc) is 4.06. The summed E-state index contributed by atoms with van der Waals surface area (Å²) >= 11 is 0. The van der Waals surface area contributed by atoms with Gasteiger partial charge in [0.05, 0.1) is 41.6 Å². The Bertz CT molecular complexity index is 2320. The molecule has 2 fully saturated rings. The highest BCUT2D eigenvalue weighted by molar-refractivity contribution is 5.84. The molecule has 2 aliphatic heterocycles. The number of amides is 2. The zero-order valence-corrected chi connectivity index (χ0v) is 33.4. The number of likely N-dealkylation sites (N-methyl/N-ethyl adjacent to an activating group) is 2. The molecular weight excluding hydrogens is 711 g/mol. The largest absolute Gasteiger partial charge is 0.340 e. The summed E-state index contributed by atoms with van der Waals surface area (Å²) in [5.74, 6) is 1.82. The number of aryl methyl sites for hydroxylation is 1. The molecule has 3 aromatic heterocycles. The molecule has 2 aliphatic rings. The van der Waals surface area contributed by atoms with Gasteiger partial charge in [-0.1, -0.05) is 72.8 Å². The van der Waals surface area contributed by atoms with Crippen molar-refractivity contribution in [1.29, 1.82) is 0 Å². The second-order valence-corrected chi connectivity index (χ2v) is 15.8. The molecule has 5 heterocycles. The van der Waals surface area contributed by atoms with Gasteiger partial charge in [-0.3, -0.25) is 24.4 Å². The van der Waals surface area contributed by atoms with Crippen LogP contribution in [0.1, 0.15) is 78.2 Å². The van der Waals surface area contributed by atoms with Gasteiger partial charge in [0, 0.05) is 30.4 Å². The van der Waals surface area contributed by atoms with E-state index in [1.807, 2.05) is 133 Å². The number of benzene rings is 3. The van der Waals surface area contributed by atoms with Crippen LogP contribution in [0.2, 0.25) is 0 Å². The standard InChI is InChI=1S/C46H51N9O2/c1-30-26-33(37-28-48-43(50-37)39-18-12-24-54(39)45(56)41(52(2)3)31-14-8-6-9-15-31)20-22-35(30)36-23-21-34(27-47-36)38-29-49-44(51-38)40-19-13-25-55(40)46(57)42(53(4)5)32-16-10-7-11-17-32/h6-11,14-17,20-23,26-29,39-42H,12-13,18-19,24-25H2,1-5H3,(H,48,50)(H,49,51)/t39-,40-,41+,42-/m0/s1. The zero-order chi connectivity index (χ0) is 39.6. The van der Waals surface area contributed by atoms with Crippen LogP contribution in [0.4, 0.5) is 0 Å². The summed E-state index contributed by atoms with van der Waals surface area (Å²) in [6.07, 6.45) is 9.21. The first-order chi connectivity index (χ1) is 27.7. The van der Waals surface area contributed by atoms with E-state index in [9.17, 15) is 9.59 Å². The minimum atomic E-state index is -0.353.